The molecule has 0 aliphatic carbocycles. The van der Waals surface area contributed by atoms with Gasteiger partial charge in [-0.05, 0) is 54.2 Å². The summed E-state index contributed by atoms with van der Waals surface area (Å²) in [4.78, 5) is 2.42. The smallest absolute Gasteiger partial charge is 0.261 e. The third-order valence-electron chi connectivity index (χ3n) is 4.82. The standard InChI is InChI=1S/C20H19ClN2O2S.ClH/c1-23-11-10-14-4-3-7-20(18(14)13-23)22-26(24,25)16-8-9-17-15(12-16)5-2-6-19(17)21;/h2-9,12,22H,10-11,13H2,1H3;1H. The van der Waals surface area contributed by atoms with Crippen LogP contribution in [0.3, 0.4) is 0 Å². The van der Waals surface area contributed by atoms with E-state index in [4.69, 9.17) is 11.6 Å². The molecule has 4 rings (SSSR count). The van der Waals surface area contributed by atoms with E-state index in [-0.39, 0.29) is 17.3 Å². The molecule has 1 N–H and O–H groups in total. The summed E-state index contributed by atoms with van der Waals surface area (Å²) in [6.45, 7) is 1.72. The molecule has 0 radical (unpaired) electrons. The van der Waals surface area contributed by atoms with Gasteiger partial charge in [-0.15, -0.1) is 12.4 Å². The number of nitrogens with one attached hydrogen (secondary N) is 1. The van der Waals surface area contributed by atoms with Gasteiger partial charge in [-0.25, -0.2) is 8.42 Å². The number of anilines is 1. The molecule has 0 saturated carbocycles. The Balaban J connectivity index is 0.00000210. The molecular weight excluding hydrogens is 403 g/mol. The first-order valence-corrected chi connectivity index (χ1v) is 10.3. The summed E-state index contributed by atoms with van der Waals surface area (Å²) in [5.41, 5.74) is 2.91. The van der Waals surface area contributed by atoms with Crippen molar-refractivity contribution in [3.63, 3.8) is 0 Å². The minimum atomic E-state index is -3.68. The molecule has 27 heavy (non-hydrogen) atoms. The lowest BCUT2D eigenvalue weighted by atomic mass is 9.99. The van der Waals surface area contributed by atoms with Gasteiger partial charge >= 0.3 is 0 Å². The average molecular weight is 423 g/mol. The van der Waals surface area contributed by atoms with Crippen molar-refractivity contribution in [3.8, 4) is 0 Å². The van der Waals surface area contributed by atoms with Crippen molar-refractivity contribution >= 4 is 50.5 Å². The largest absolute Gasteiger partial charge is 0.302 e. The summed E-state index contributed by atoms with van der Waals surface area (Å²) in [5, 5.41) is 2.25. The maximum Gasteiger partial charge on any atom is 0.261 e. The molecule has 7 heteroatoms. The topological polar surface area (TPSA) is 49.4 Å². The number of hydrogen-bond donors (Lipinski definition) is 1. The normalized spacial score (nSPS) is 14.4. The second kappa shape index (κ2) is 7.68. The maximum absolute atomic E-state index is 12.9. The zero-order valence-electron chi connectivity index (χ0n) is 14.8. The van der Waals surface area contributed by atoms with E-state index in [1.54, 1.807) is 24.3 Å². The first-order valence-electron chi connectivity index (χ1n) is 8.44. The van der Waals surface area contributed by atoms with E-state index >= 15 is 0 Å². The van der Waals surface area contributed by atoms with Crippen LogP contribution in [0.4, 0.5) is 5.69 Å². The average Bonchev–Trinajstić information content (AvgIpc) is 2.62. The van der Waals surface area contributed by atoms with Crippen LogP contribution in [0.25, 0.3) is 10.8 Å². The molecule has 0 aromatic heterocycles. The molecule has 3 aromatic rings. The van der Waals surface area contributed by atoms with E-state index in [0.717, 1.165) is 35.8 Å². The van der Waals surface area contributed by atoms with Crippen molar-refractivity contribution in [2.24, 2.45) is 0 Å². The Kier molecular flexibility index (Phi) is 5.68. The van der Waals surface area contributed by atoms with E-state index in [2.05, 4.69) is 15.7 Å². The number of fused-ring (bicyclic) bond motifs is 2. The van der Waals surface area contributed by atoms with Crippen molar-refractivity contribution in [2.75, 3.05) is 18.3 Å². The second-order valence-electron chi connectivity index (χ2n) is 6.66. The highest BCUT2D eigenvalue weighted by atomic mass is 35.5. The summed E-state index contributed by atoms with van der Waals surface area (Å²) < 4.78 is 28.7. The highest BCUT2D eigenvalue weighted by Gasteiger charge is 2.21. The van der Waals surface area contributed by atoms with Crippen molar-refractivity contribution in [1.82, 2.24) is 4.90 Å². The molecule has 0 bridgehead atoms. The Hall–Kier alpha value is -1.79. The summed E-state index contributed by atoms with van der Waals surface area (Å²) >= 11 is 6.18. The van der Waals surface area contributed by atoms with Gasteiger partial charge < -0.3 is 4.90 Å². The predicted octanol–water partition coefficient (Wildman–Crippen LogP) is 4.70. The van der Waals surface area contributed by atoms with Crippen LogP contribution >= 0.6 is 24.0 Å². The number of halogens is 2. The number of nitrogens with zero attached hydrogens (tertiary/aromatic N) is 1. The molecule has 3 aromatic carbocycles. The second-order valence-corrected chi connectivity index (χ2v) is 8.75. The minimum Gasteiger partial charge on any atom is -0.302 e. The van der Waals surface area contributed by atoms with Crippen LogP contribution in [0.5, 0.6) is 0 Å². The van der Waals surface area contributed by atoms with Crippen LogP contribution < -0.4 is 4.72 Å². The van der Waals surface area contributed by atoms with Crippen molar-refractivity contribution in [3.05, 3.63) is 70.7 Å². The molecule has 1 aliphatic rings. The lowest BCUT2D eigenvalue weighted by Gasteiger charge is -2.27. The number of hydrogen-bond acceptors (Lipinski definition) is 3. The fourth-order valence-corrected chi connectivity index (χ4v) is 4.78. The number of rotatable bonds is 3. The van der Waals surface area contributed by atoms with Crippen LogP contribution in [-0.4, -0.2) is 26.9 Å². The number of likely N-dealkylation sites (N-methyl/N-ethyl adjacent to an activating group) is 1. The quantitative estimate of drug-likeness (QED) is 0.664. The molecule has 1 aliphatic heterocycles. The molecule has 0 spiro atoms. The van der Waals surface area contributed by atoms with Crippen LogP contribution in [-0.2, 0) is 23.0 Å². The van der Waals surface area contributed by atoms with E-state index in [9.17, 15) is 8.42 Å². The fourth-order valence-electron chi connectivity index (χ4n) is 3.40. The van der Waals surface area contributed by atoms with E-state index < -0.39 is 10.0 Å². The van der Waals surface area contributed by atoms with Gasteiger partial charge in [-0.3, -0.25) is 4.72 Å². The molecule has 0 fully saturated rings. The highest BCUT2D eigenvalue weighted by Crippen LogP contribution is 2.29. The van der Waals surface area contributed by atoms with Gasteiger partial charge in [0.1, 0.15) is 0 Å². The number of benzene rings is 3. The van der Waals surface area contributed by atoms with Crippen molar-refractivity contribution < 1.29 is 8.42 Å². The zero-order valence-corrected chi connectivity index (χ0v) is 17.2. The van der Waals surface area contributed by atoms with E-state index in [0.29, 0.717) is 10.7 Å². The van der Waals surface area contributed by atoms with Gasteiger partial charge in [0.15, 0.2) is 0 Å². The molecular formula is C20H20Cl2N2O2S. The lowest BCUT2D eigenvalue weighted by Crippen LogP contribution is -2.28. The van der Waals surface area contributed by atoms with Crippen molar-refractivity contribution in [2.45, 2.75) is 17.9 Å². The number of sulfonamides is 1. The van der Waals surface area contributed by atoms with Crippen LogP contribution in [0.2, 0.25) is 5.02 Å². The molecule has 0 amide bonds. The van der Waals surface area contributed by atoms with Crippen LogP contribution in [0.15, 0.2) is 59.5 Å². The van der Waals surface area contributed by atoms with Crippen LogP contribution in [0.1, 0.15) is 11.1 Å². The summed E-state index contributed by atoms with van der Waals surface area (Å²) in [6.07, 6.45) is 0.926. The van der Waals surface area contributed by atoms with Crippen molar-refractivity contribution in [1.29, 1.82) is 0 Å². The molecule has 0 atom stereocenters. The summed E-state index contributed by atoms with van der Waals surface area (Å²) in [5.74, 6) is 0. The van der Waals surface area contributed by atoms with Gasteiger partial charge in [0.2, 0.25) is 0 Å². The van der Waals surface area contributed by atoms with Gasteiger partial charge in [0.25, 0.3) is 10.0 Å². The Morgan fingerprint density at radius 1 is 1.07 bits per heavy atom. The van der Waals surface area contributed by atoms with Gasteiger partial charge in [0, 0.05) is 23.5 Å². The Morgan fingerprint density at radius 2 is 1.85 bits per heavy atom. The van der Waals surface area contributed by atoms with E-state index in [1.165, 1.54) is 5.56 Å². The first kappa shape index (κ1) is 20.0. The fraction of sp³-hybridized carbons (Fsp3) is 0.200. The predicted molar refractivity (Wildman–Crippen MR) is 113 cm³/mol. The Morgan fingerprint density at radius 3 is 2.67 bits per heavy atom. The highest BCUT2D eigenvalue weighted by molar-refractivity contribution is 7.92. The Bertz CT molecular complexity index is 1100. The SMILES string of the molecule is CN1CCc2cccc(NS(=O)(=O)c3ccc4c(Cl)cccc4c3)c2C1.Cl. The third-order valence-corrected chi connectivity index (χ3v) is 6.51. The molecule has 1 heterocycles. The summed E-state index contributed by atoms with van der Waals surface area (Å²) in [6, 6.07) is 16.3. The summed E-state index contributed by atoms with van der Waals surface area (Å²) in [7, 11) is -1.64. The lowest BCUT2D eigenvalue weighted by molar-refractivity contribution is 0.313. The third kappa shape index (κ3) is 3.92. The molecule has 142 valence electrons. The molecule has 4 nitrogen and oxygen atoms in total. The van der Waals surface area contributed by atoms with Gasteiger partial charge in [0.05, 0.1) is 10.6 Å². The maximum atomic E-state index is 12.9. The monoisotopic (exact) mass is 422 g/mol. The minimum absolute atomic E-state index is 0. The first-order chi connectivity index (χ1) is 12.4. The van der Waals surface area contributed by atoms with E-state index in [1.807, 2.05) is 31.3 Å². The van der Waals surface area contributed by atoms with Gasteiger partial charge in [-0.1, -0.05) is 41.9 Å². The molecule has 0 unspecified atom stereocenters. The Labute approximate surface area is 170 Å². The zero-order chi connectivity index (χ0) is 18.3. The van der Waals surface area contributed by atoms with Crippen LogP contribution in [0, 0.1) is 0 Å². The van der Waals surface area contributed by atoms with Gasteiger partial charge in [-0.2, -0.15) is 0 Å². The molecule has 0 saturated heterocycles.